The molecular weight excluding hydrogens is 408 g/mol. The summed E-state index contributed by atoms with van der Waals surface area (Å²) in [5.41, 5.74) is -4.94. The highest BCUT2D eigenvalue weighted by atomic mass is 16.3. The molecule has 6 nitrogen and oxygen atoms in total. The minimum Gasteiger partial charge on any atom is -0.510 e. The second-order valence-electron chi connectivity index (χ2n) is 11.6. The van der Waals surface area contributed by atoms with Gasteiger partial charge in [-0.05, 0) is 78.6 Å². The molecule has 0 amide bonds. The lowest BCUT2D eigenvalue weighted by Crippen LogP contribution is -2.61. The SMILES string of the molecule is CC(C)=CC[C@]1(C)C(=O)C(C(=O)C(C)C)=C(O)[C@@]2(C[C@@H]3[C@H](CC[C@]3(C)O)[C@@](C)(O)C2)C1=O. The number of allylic oxidation sites excluding steroid dienone is 4. The number of carbonyl (C=O) groups excluding carboxylic acids is 3. The summed E-state index contributed by atoms with van der Waals surface area (Å²) in [5.74, 6) is -3.33. The minimum absolute atomic E-state index is 0.0749. The number of carbonyl (C=O) groups is 3. The van der Waals surface area contributed by atoms with E-state index >= 15 is 0 Å². The van der Waals surface area contributed by atoms with Crippen LogP contribution in [-0.4, -0.2) is 43.9 Å². The summed E-state index contributed by atoms with van der Waals surface area (Å²) in [7, 11) is 0. The second-order valence-corrected chi connectivity index (χ2v) is 11.6. The molecule has 0 aromatic rings. The average molecular weight is 447 g/mol. The molecule has 6 atom stereocenters. The molecule has 0 radical (unpaired) electrons. The highest BCUT2D eigenvalue weighted by molar-refractivity contribution is 6.31. The van der Waals surface area contributed by atoms with Gasteiger partial charge in [0.2, 0.25) is 0 Å². The van der Waals surface area contributed by atoms with E-state index in [0.29, 0.717) is 12.8 Å². The molecule has 0 bridgehead atoms. The summed E-state index contributed by atoms with van der Waals surface area (Å²) in [6.45, 7) is 11.9. The van der Waals surface area contributed by atoms with Gasteiger partial charge in [-0.1, -0.05) is 25.5 Å². The molecule has 0 aliphatic heterocycles. The Morgan fingerprint density at radius 2 is 1.69 bits per heavy atom. The third-order valence-corrected chi connectivity index (χ3v) is 8.32. The van der Waals surface area contributed by atoms with Gasteiger partial charge in [-0.15, -0.1) is 0 Å². The lowest BCUT2D eigenvalue weighted by atomic mass is 9.49. The molecule has 2 fully saturated rings. The van der Waals surface area contributed by atoms with Crippen molar-refractivity contribution < 1.29 is 29.7 Å². The molecule has 0 heterocycles. The van der Waals surface area contributed by atoms with Crippen molar-refractivity contribution in [2.75, 3.05) is 0 Å². The highest BCUT2D eigenvalue weighted by Crippen LogP contribution is 2.62. The van der Waals surface area contributed by atoms with Crippen LogP contribution in [0.15, 0.2) is 23.0 Å². The van der Waals surface area contributed by atoms with Crippen molar-refractivity contribution in [1.29, 1.82) is 0 Å². The Bertz CT molecular complexity index is 917. The van der Waals surface area contributed by atoms with Gasteiger partial charge in [0.1, 0.15) is 11.3 Å². The lowest BCUT2D eigenvalue weighted by molar-refractivity contribution is -0.167. The largest absolute Gasteiger partial charge is 0.510 e. The quantitative estimate of drug-likeness (QED) is 0.344. The van der Waals surface area contributed by atoms with E-state index in [1.807, 2.05) is 13.8 Å². The maximum absolute atomic E-state index is 14.1. The van der Waals surface area contributed by atoms with Crippen LogP contribution in [0.3, 0.4) is 0 Å². The topological polar surface area (TPSA) is 112 Å². The first-order valence-corrected chi connectivity index (χ1v) is 11.7. The van der Waals surface area contributed by atoms with Gasteiger partial charge in [0.05, 0.1) is 22.0 Å². The third kappa shape index (κ3) is 3.50. The van der Waals surface area contributed by atoms with Crippen molar-refractivity contribution >= 4 is 17.3 Å². The molecule has 6 heteroatoms. The minimum atomic E-state index is -1.59. The molecular formula is C26H38O6. The summed E-state index contributed by atoms with van der Waals surface area (Å²) in [4.78, 5) is 40.8. The number of fused-ring (bicyclic) bond motifs is 1. The number of hydrogen-bond acceptors (Lipinski definition) is 6. The predicted octanol–water partition coefficient (Wildman–Crippen LogP) is 3.85. The predicted molar refractivity (Wildman–Crippen MR) is 121 cm³/mol. The van der Waals surface area contributed by atoms with Crippen LogP contribution < -0.4 is 0 Å². The van der Waals surface area contributed by atoms with Crippen LogP contribution in [0, 0.1) is 28.6 Å². The van der Waals surface area contributed by atoms with E-state index in [0.717, 1.165) is 5.57 Å². The molecule has 0 unspecified atom stereocenters. The number of rotatable bonds is 4. The molecule has 3 aliphatic rings. The normalized spacial score (nSPS) is 41.9. The first-order valence-electron chi connectivity index (χ1n) is 11.7. The molecule has 3 aliphatic carbocycles. The average Bonchev–Trinajstić information content (AvgIpc) is 2.99. The molecule has 0 aromatic heterocycles. The van der Waals surface area contributed by atoms with Gasteiger partial charge in [-0.2, -0.15) is 0 Å². The van der Waals surface area contributed by atoms with Crippen molar-refractivity contribution in [3.05, 3.63) is 23.0 Å². The molecule has 32 heavy (non-hydrogen) atoms. The zero-order valence-electron chi connectivity index (χ0n) is 20.4. The Balaban J connectivity index is 2.29. The van der Waals surface area contributed by atoms with Crippen LogP contribution in [0.2, 0.25) is 0 Å². The van der Waals surface area contributed by atoms with Gasteiger partial charge >= 0.3 is 0 Å². The van der Waals surface area contributed by atoms with Crippen LogP contribution in [0.25, 0.3) is 0 Å². The standard InChI is InChI=1S/C26H38O6/c1-14(2)8-10-23(5)20(28)18(19(27)15(3)4)21(29)26(22(23)30)12-17-16(25(7,32)13-26)9-11-24(17,6)31/h8,15-17,29,31-32H,9-13H2,1-7H3/t16-,17+,23+,24-,25-,26-/m0/s1. The molecule has 1 spiro atoms. The molecule has 2 saturated carbocycles. The van der Waals surface area contributed by atoms with E-state index in [2.05, 4.69) is 0 Å². The van der Waals surface area contributed by atoms with Crippen LogP contribution in [0.5, 0.6) is 0 Å². The van der Waals surface area contributed by atoms with E-state index < -0.39 is 57.0 Å². The fraction of sp³-hybridized carbons (Fsp3) is 0.731. The fourth-order valence-corrected chi connectivity index (χ4v) is 6.39. The second kappa shape index (κ2) is 7.63. The van der Waals surface area contributed by atoms with Crippen LogP contribution in [0.4, 0.5) is 0 Å². The summed E-state index contributed by atoms with van der Waals surface area (Å²) in [6, 6.07) is 0. The van der Waals surface area contributed by atoms with Crippen molar-refractivity contribution in [3.8, 4) is 0 Å². The van der Waals surface area contributed by atoms with Crippen molar-refractivity contribution in [3.63, 3.8) is 0 Å². The van der Waals surface area contributed by atoms with Gasteiger partial charge in [0.15, 0.2) is 17.3 Å². The Kier molecular flexibility index (Phi) is 5.92. The Morgan fingerprint density at radius 3 is 2.22 bits per heavy atom. The number of ketones is 3. The zero-order chi connectivity index (χ0) is 24.4. The Morgan fingerprint density at radius 1 is 1.09 bits per heavy atom. The van der Waals surface area contributed by atoms with Gasteiger partial charge in [-0.25, -0.2) is 0 Å². The first-order chi connectivity index (χ1) is 14.5. The maximum Gasteiger partial charge on any atom is 0.183 e. The molecule has 0 aromatic carbocycles. The van der Waals surface area contributed by atoms with E-state index in [9.17, 15) is 29.7 Å². The highest BCUT2D eigenvalue weighted by Gasteiger charge is 2.68. The van der Waals surface area contributed by atoms with Gasteiger partial charge in [-0.3, -0.25) is 14.4 Å². The number of aliphatic hydroxyl groups is 3. The molecule has 0 saturated heterocycles. The molecule has 3 N–H and O–H groups in total. The summed E-state index contributed by atoms with van der Waals surface area (Å²) < 4.78 is 0. The monoisotopic (exact) mass is 446 g/mol. The van der Waals surface area contributed by atoms with E-state index in [4.69, 9.17) is 0 Å². The number of Topliss-reactive ketones (excluding diaryl/α,β-unsaturated/α-hetero) is 3. The summed E-state index contributed by atoms with van der Waals surface area (Å²) in [5, 5.41) is 34.0. The van der Waals surface area contributed by atoms with Gasteiger partial charge in [0, 0.05) is 5.92 Å². The van der Waals surface area contributed by atoms with Crippen LogP contribution >= 0.6 is 0 Å². The number of hydrogen-bond donors (Lipinski definition) is 3. The van der Waals surface area contributed by atoms with E-state index in [-0.39, 0.29) is 30.8 Å². The number of aliphatic hydroxyl groups excluding tert-OH is 1. The van der Waals surface area contributed by atoms with Crippen molar-refractivity contribution in [2.24, 2.45) is 28.6 Å². The summed E-state index contributed by atoms with van der Waals surface area (Å²) in [6.07, 6.45) is 3.05. The summed E-state index contributed by atoms with van der Waals surface area (Å²) >= 11 is 0. The lowest BCUT2D eigenvalue weighted by Gasteiger charge is -2.54. The van der Waals surface area contributed by atoms with Crippen molar-refractivity contribution in [1.82, 2.24) is 0 Å². The fourth-order valence-electron chi connectivity index (χ4n) is 6.39. The van der Waals surface area contributed by atoms with Gasteiger partial charge in [0.25, 0.3) is 0 Å². The Labute approximate surface area is 190 Å². The maximum atomic E-state index is 14.1. The molecule has 3 rings (SSSR count). The van der Waals surface area contributed by atoms with E-state index in [1.54, 1.807) is 40.7 Å². The van der Waals surface area contributed by atoms with Crippen LogP contribution in [-0.2, 0) is 14.4 Å². The first kappa shape index (κ1) is 24.8. The zero-order valence-corrected chi connectivity index (χ0v) is 20.4. The third-order valence-electron chi connectivity index (χ3n) is 8.32. The molecule has 178 valence electrons. The Hall–Kier alpha value is -1.79. The van der Waals surface area contributed by atoms with E-state index in [1.165, 1.54) is 0 Å². The smallest absolute Gasteiger partial charge is 0.183 e. The van der Waals surface area contributed by atoms with Crippen molar-refractivity contribution in [2.45, 2.75) is 91.8 Å². The van der Waals surface area contributed by atoms with Crippen LogP contribution in [0.1, 0.15) is 80.6 Å². The van der Waals surface area contributed by atoms with Gasteiger partial charge < -0.3 is 15.3 Å².